The highest BCUT2D eigenvalue weighted by Crippen LogP contribution is 2.38. The predicted molar refractivity (Wildman–Crippen MR) is 154 cm³/mol. The van der Waals surface area contributed by atoms with Gasteiger partial charge in [0.15, 0.2) is 5.82 Å². The van der Waals surface area contributed by atoms with E-state index < -0.39 is 29.1 Å². The Balaban J connectivity index is 1.87. The third-order valence-electron chi connectivity index (χ3n) is 7.30. The van der Waals surface area contributed by atoms with Crippen LogP contribution in [0, 0.1) is 0 Å². The quantitative estimate of drug-likeness (QED) is 0.124. The number of halogens is 6. The molecule has 0 bridgehead atoms. The third kappa shape index (κ3) is 7.78. The van der Waals surface area contributed by atoms with E-state index in [0.29, 0.717) is 29.6 Å². The molecular weight excluding hydrogens is 570 g/mol. The molecule has 0 fully saturated rings. The number of rotatable bonds is 12. The van der Waals surface area contributed by atoms with Gasteiger partial charge in [0.25, 0.3) is 0 Å². The number of hydrogen-bond acceptors (Lipinski definition) is 6. The zero-order valence-electron chi connectivity index (χ0n) is 24.0. The number of hydrogen-bond donors (Lipinski definition) is 2. The second kappa shape index (κ2) is 13.2. The molecule has 0 aliphatic rings. The van der Waals surface area contributed by atoms with Crippen molar-refractivity contribution in [3.63, 3.8) is 0 Å². The Kier molecular flexibility index (Phi) is 9.89. The van der Waals surface area contributed by atoms with Crippen molar-refractivity contribution in [2.75, 3.05) is 5.32 Å². The molecule has 0 amide bonds. The van der Waals surface area contributed by atoms with Gasteiger partial charge in [-0.2, -0.15) is 26.3 Å². The van der Waals surface area contributed by atoms with Crippen LogP contribution in [0.15, 0.2) is 54.9 Å². The molecule has 4 aromatic rings. The summed E-state index contributed by atoms with van der Waals surface area (Å²) in [7, 11) is 0. The van der Waals surface area contributed by atoms with Crippen molar-refractivity contribution in [1.82, 2.24) is 19.9 Å². The second-order valence-corrected chi connectivity index (χ2v) is 10.7. The Morgan fingerprint density at radius 3 is 2.07 bits per heavy atom. The Morgan fingerprint density at radius 2 is 1.49 bits per heavy atom. The highest BCUT2D eigenvalue weighted by molar-refractivity contribution is 5.93. The molecule has 0 aliphatic heterocycles. The monoisotopic (exact) mass is 604 g/mol. The molecule has 0 atom stereocenters. The van der Waals surface area contributed by atoms with Crippen molar-refractivity contribution < 1.29 is 26.3 Å². The van der Waals surface area contributed by atoms with Gasteiger partial charge >= 0.3 is 12.4 Å². The summed E-state index contributed by atoms with van der Waals surface area (Å²) >= 11 is 0. The fourth-order valence-electron chi connectivity index (χ4n) is 4.96. The summed E-state index contributed by atoms with van der Waals surface area (Å²) in [5, 5.41) is 3.48. The molecule has 1 aromatic carbocycles. The van der Waals surface area contributed by atoms with Gasteiger partial charge in [0.05, 0.1) is 34.2 Å². The molecule has 0 saturated carbocycles. The summed E-state index contributed by atoms with van der Waals surface area (Å²) in [6, 6.07) is 8.84. The van der Waals surface area contributed by atoms with Crippen molar-refractivity contribution in [2.45, 2.75) is 83.1 Å². The first-order valence-corrected chi connectivity index (χ1v) is 14.3. The summed E-state index contributed by atoms with van der Waals surface area (Å²) < 4.78 is 80.7. The lowest BCUT2D eigenvalue weighted by Crippen LogP contribution is -2.39. The lowest BCUT2D eigenvalue weighted by Gasteiger charge is -2.29. The maximum absolute atomic E-state index is 13.8. The minimum atomic E-state index is -4.62. The minimum Gasteiger partial charge on any atom is -0.338 e. The van der Waals surface area contributed by atoms with Gasteiger partial charge in [0.1, 0.15) is 11.5 Å². The van der Waals surface area contributed by atoms with Crippen molar-refractivity contribution >= 4 is 22.4 Å². The van der Waals surface area contributed by atoms with E-state index in [2.05, 4.69) is 29.1 Å². The van der Waals surface area contributed by atoms with Crippen molar-refractivity contribution in [1.29, 1.82) is 0 Å². The summed E-state index contributed by atoms with van der Waals surface area (Å²) in [6.45, 7) is 4.16. The number of aromatic nitrogens is 4. The topological polar surface area (TPSA) is 89.6 Å². The van der Waals surface area contributed by atoms with E-state index in [1.807, 2.05) is 0 Å². The fraction of sp³-hybridized carbons (Fsp3) is 0.419. The van der Waals surface area contributed by atoms with Crippen LogP contribution in [-0.2, 0) is 17.9 Å². The lowest BCUT2D eigenvalue weighted by atomic mass is 9.86. The number of unbranched alkanes of at least 4 members (excludes halogenated alkanes) is 4. The third-order valence-corrected chi connectivity index (χ3v) is 7.30. The van der Waals surface area contributed by atoms with E-state index in [4.69, 9.17) is 15.7 Å². The molecule has 0 saturated heterocycles. The highest BCUT2D eigenvalue weighted by atomic mass is 19.4. The van der Waals surface area contributed by atoms with Crippen LogP contribution in [0.4, 0.5) is 37.8 Å². The van der Waals surface area contributed by atoms with Crippen LogP contribution in [0.3, 0.4) is 0 Å². The van der Waals surface area contributed by atoms with Crippen LogP contribution in [0.1, 0.15) is 82.3 Å². The molecule has 12 heteroatoms. The maximum atomic E-state index is 13.8. The van der Waals surface area contributed by atoms with Crippen molar-refractivity contribution in [3.8, 4) is 11.3 Å². The molecular formula is C31H34F6N6. The first-order valence-electron chi connectivity index (χ1n) is 14.3. The summed E-state index contributed by atoms with van der Waals surface area (Å²) in [5.41, 5.74) is 4.67. The highest BCUT2D eigenvalue weighted by Gasteiger charge is 2.35. The molecule has 3 N–H and O–H groups in total. The SMILES string of the molecule is CCCCCC(N)(CCCCC)c1nc(Nc2ccc(C(F)(F)F)nc2)c2ccc(-c3ncccc3C(F)(F)F)cc2n1. The Labute approximate surface area is 246 Å². The predicted octanol–water partition coefficient (Wildman–Crippen LogP) is 9.18. The van der Waals surface area contributed by atoms with Gasteiger partial charge in [-0.1, -0.05) is 58.4 Å². The second-order valence-electron chi connectivity index (χ2n) is 10.7. The summed E-state index contributed by atoms with van der Waals surface area (Å²) in [6.07, 6.45) is -0.181. The minimum absolute atomic E-state index is 0.201. The number of nitrogens with one attached hydrogen (secondary N) is 1. The average molecular weight is 605 g/mol. The molecule has 0 spiro atoms. The summed E-state index contributed by atoms with van der Waals surface area (Å²) in [5.74, 6) is 0.565. The number of pyridine rings is 2. The summed E-state index contributed by atoms with van der Waals surface area (Å²) in [4.78, 5) is 17.1. The van der Waals surface area contributed by atoms with Crippen LogP contribution < -0.4 is 11.1 Å². The Morgan fingerprint density at radius 1 is 0.791 bits per heavy atom. The van der Waals surface area contributed by atoms with Crippen molar-refractivity contribution in [2.24, 2.45) is 5.73 Å². The molecule has 0 unspecified atom stereocenters. The number of benzene rings is 1. The van der Waals surface area contributed by atoms with Gasteiger partial charge in [0, 0.05) is 17.1 Å². The number of fused-ring (bicyclic) bond motifs is 1. The van der Waals surface area contributed by atoms with E-state index in [1.165, 1.54) is 30.5 Å². The number of nitrogens with zero attached hydrogens (tertiary/aromatic N) is 4. The smallest absolute Gasteiger partial charge is 0.338 e. The van der Waals surface area contributed by atoms with Crippen LogP contribution in [0.25, 0.3) is 22.2 Å². The van der Waals surface area contributed by atoms with Gasteiger partial charge in [-0.05, 0) is 49.2 Å². The van der Waals surface area contributed by atoms with Crippen LogP contribution in [-0.4, -0.2) is 19.9 Å². The standard InChI is InChI=1S/C31H34F6N6/c1-3-5-7-15-29(38,16-8-6-4-2)28-42-24-18-20(26-23(30(32,33)34)10-9-17-39-26)11-13-22(24)27(43-28)41-21-12-14-25(40-19-21)31(35,36)37/h9-14,17-19H,3-8,15-16,38H2,1-2H3,(H,41,42,43). The number of nitrogens with two attached hydrogens (primary N) is 1. The maximum Gasteiger partial charge on any atom is 0.433 e. The molecule has 0 radical (unpaired) electrons. The largest absolute Gasteiger partial charge is 0.433 e. The van der Waals surface area contributed by atoms with E-state index in [0.717, 1.165) is 56.9 Å². The zero-order chi connectivity index (χ0) is 31.3. The van der Waals surface area contributed by atoms with Gasteiger partial charge in [0.2, 0.25) is 0 Å². The molecule has 3 aromatic heterocycles. The van der Waals surface area contributed by atoms with E-state index in [1.54, 1.807) is 6.07 Å². The molecule has 230 valence electrons. The van der Waals surface area contributed by atoms with Crippen LogP contribution in [0.5, 0.6) is 0 Å². The van der Waals surface area contributed by atoms with E-state index in [-0.39, 0.29) is 22.8 Å². The average Bonchev–Trinajstić information content (AvgIpc) is 2.96. The van der Waals surface area contributed by atoms with Gasteiger partial charge in [-0.15, -0.1) is 0 Å². The van der Waals surface area contributed by atoms with Crippen LogP contribution in [0.2, 0.25) is 0 Å². The van der Waals surface area contributed by atoms with Gasteiger partial charge in [-0.25, -0.2) is 15.0 Å². The fourth-order valence-corrected chi connectivity index (χ4v) is 4.96. The van der Waals surface area contributed by atoms with Gasteiger partial charge in [-0.3, -0.25) is 4.98 Å². The zero-order valence-corrected chi connectivity index (χ0v) is 24.0. The van der Waals surface area contributed by atoms with E-state index in [9.17, 15) is 26.3 Å². The molecule has 3 heterocycles. The molecule has 43 heavy (non-hydrogen) atoms. The molecule has 0 aliphatic carbocycles. The van der Waals surface area contributed by atoms with E-state index >= 15 is 0 Å². The number of alkyl halides is 6. The van der Waals surface area contributed by atoms with Gasteiger partial charge < -0.3 is 11.1 Å². The Bertz CT molecular complexity index is 1510. The van der Waals surface area contributed by atoms with Crippen LogP contribution >= 0.6 is 0 Å². The first kappa shape index (κ1) is 32.1. The normalized spacial score (nSPS) is 12.6. The van der Waals surface area contributed by atoms with Crippen molar-refractivity contribution in [3.05, 3.63) is 71.9 Å². The molecule has 4 rings (SSSR count). The number of anilines is 2. The Hall–Kier alpha value is -3.80. The molecule has 6 nitrogen and oxygen atoms in total. The first-order chi connectivity index (χ1) is 20.4. The lowest BCUT2D eigenvalue weighted by molar-refractivity contribution is -0.141.